The van der Waals surface area contributed by atoms with Crippen LogP contribution in [0.2, 0.25) is 0 Å². The summed E-state index contributed by atoms with van der Waals surface area (Å²) in [5.74, 6) is -0.235. The molecule has 1 saturated heterocycles. The van der Waals surface area contributed by atoms with Crippen molar-refractivity contribution in [3.63, 3.8) is 0 Å². The summed E-state index contributed by atoms with van der Waals surface area (Å²) in [7, 11) is 0. The Morgan fingerprint density at radius 3 is 2.60 bits per heavy atom. The van der Waals surface area contributed by atoms with Gasteiger partial charge in [-0.3, -0.25) is 9.88 Å². The van der Waals surface area contributed by atoms with Crippen LogP contribution < -0.4 is 10.6 Å². The molecule has 2 heterocycles. The van der Waals surface area contributed by atoms with Crippen molar-refractivity contribution in [2.45, 2.75) is 32.2 Å². The standard InChI is InChI=1S/C20H27FN4/c1-2-3-7-20(18-6-4-5-10-23-18)25-13-11-24(12-14-25)19-9-8-16(22)15-17(19)21/h4-6,8-10,15,20H,2-3,7,11-14,22H2,1H3. The van der Waals surface area contributed by atoms with E-state index in [2.05, 4.69) is 33.8 Å². The fraction of sp³-hybridized carbons (Fsp3) is 0.450. The maximum atomic E-state index is 14.2. The maximum Gasteiger partial charge on any atom is 0.148 e. The topological polar surface area (TPSA) is 45.4 Å². The number of nitrogens with zero attached hydrogens (tertiary/aromatic N) is 3. The van der Waals surface area contributed by atoms with Crippen molar-refractivity contribution >= 4 is 11.4 Å². The second-order valence-electron chi connectivity index (χ2n) is 6.65. The molecule has 2 N–H and O–H groups in total. The van der Waals surface area contributed by atoms with Gasteiger partial charge in [-0.05, 0) is 36.8 Å². The van der Waals surface area contributed by atoms with E-state index in [1.807, 2.05) is 12.3 Å². The summed E-state index contributed by atoms with van der Waals surface area (Å²) in [6.07, 6.45) is 5.35. The van der Waals surface area contributed by atoms with Crippen LogP contribution in [0.15, 0.2) is 42.6 Å². The average molecular weight is 342 g/mol. The predicted octanol–water partition coefficient (Wildman–Crippen LogP) is 3.86. The lowest BCUT2D eigenvalue weighted by atomic mass is 10.0. The Labute approximate surface area is 149 Å². The first-order chi connectivity index (χ1) is 12.2. The van der Waals surface area contributed by atoms with Gasteiger partial charge in [0.25, 0.3) is 0 Å². The van der Waals surface area contributed by atoms with Gasteiger partial charge in [0.15, 0.2) is 0 Å². The second kappa shape index (κ2) is 8.30. The first-order valence-corrected chi connectivity index (χ1v) is 9.14. The molecule has 1 aliphatic rings. The fourth-order valence-electron chi connectivity index (χ4n) is 3.54. The molecule has 4 nitrogen and oxygen atoms in total. The van der Waals surface area contributed by atoms with Crippen LogP contribution in [0.25, 0.3) is 0 Å². The maximum absolute atomic E-state index is 14.2. The fourth-order valence-corrected chi connectivity index (χ4v) is 3.54. The van der Waals surface area contributed by atoms with Crippen LogP contribution >= 0.6 is 0 Å². The van der Waals surface area contributed by atoms with Gasteiger partial charge in [-0.25, -0.2) is 4.39 Å². The normalized spacial score (nSPS) is 16.8. The van der Waals surface area contributed by atoms with E-state index in [0.29, 0.717) is 17.4 Å². The first kappa shape index (κ1) is 17.7. The summed E-state index contributed by atoms with van der Waals surface area (Å²) in [4.78, 5) is 9.18. The number of halogens is 1. The molecule has 1 aliphatic heterocycles. The third-order valence-electron chi connectivity index (χ3n) is 4.93. The highest BCUT2D eigenvalue weighted by atomic mass is 19.1. The van der Waals surface area contributed by atoms with Crippen LogP contribution in [-0.2, 0) is 0 Å². The average Bonchev–Trinajstić information content (AvgIpc) is 2.64. The van der Waals surface area contributed by atoms with Crippen LogP contribution in [0.5, 0.6) is 0 Å². The van der Waals surface area contributed by atoms with Gasteiger partial charge in [0.1, 0.15) is 5.82 Å². The van der Waals surface area contributed by atoms with Crippen molar-refractivity contribution in [2.75, 3.05) is 36.8 Å². The van der Waals surface area contributed by atoms with Crippen LogP contribution in [0.1, 0.15) is 37.9 Å². The van der Waals surface area contributed by atoms with E-state index in [9.17, 15) is 4.39 Å². The first-order valence-electron chi connectivity index (χ1n) is 9.14. The Morgan fingerprint density at radius 1 is 1.16 bits per heavy atom. The van der Waals surface area contributed by atoms with Crippen LogP contribution in [0.3, 0.4) is 0 Å². The lowest BCUT2D eigenvalue weighted by Gasteiger charge is -2.40. The van der Waals surface area contributed by atoms with Gasteiger partial charge in [-0.1, -0.05) is 25.8 Å². The molecular weight excluding hydrogens is 315 g/mol. The molecule has 1 fully saturated rings. The van der Waals surface area contributed by atoms with Gasteiger partial charge < -0.3 is 10.6 Å². The largest absolute Gasteiger partial charge is 0.399 e. The number of unbranched alkanes of at least 4 members (excludes halogenated alkanes) is 1. The number of nitrogens with two attached hydrogens (primary N) is 1. The molecule has 0 spiro atoms. The molecule has 0 radical (unpaired) electrons. The summed E-state index contributed by atoms with van der Waals surface area (Å²) in [6.45, 7) is 5.67. The molecule has 1 atom stereocenters. The highest BCUT2D eigenvalue weighted by molar-refractivity contribution is 5.54. The van der Waals surface area contributed by atoms with Crippen molar-refractivity contribution in [3.05, 3.63) is 54.1 Å². The molecule has 134 valence electrons. The van der Waals surface area contributed by atoms with Gasteiger partial charge in [0, 0.05) is 38.1 Å². The Kier molecular flexibility index (Phi) is 5.87. The minimum atomic E-state index is -0.235. The minimum Gasteiger partial charge on any atom is -0.399 e. The molecule has 2 aromatic rings. The monoisotopic (exact) mass is 342 g/mol. The number of hydrogen-bond acceptors (Lipinski definition) is 4. The van der Waals surface area contributed by atoms with Crippen LogP contribution in [-0.4, -0.2) is 36.1 Å². The van der Waals surface area contributed by atoms with Gasteiger partial charge in [0.05, 0.1) is 17.4 Å². The molecule has 0 bridgehead atoms. The third-order valence-corrected chi connectivity index (χ3v) is 4.93. The van der Waals surface area contributed by atoms with E-state index in [1.54, 1.807) is 12.1 Å². The molecular formula is C20H27FN4. The number of benzene rings is 1. The quantitative estimate of drug-likeness (QED) is 0.810. The molecule has 1 unspecified atom stereocenters. The number of nitrogen functional groups attached to an aromatic ring is 1. The molecule has 25 heavy (non-hydrogen) atoms. The molecule has 0 amide bonds. The Hall–Kier alpha value is -2.14. The number of hydrogen-bond donors (Lipinski definition) is 1. The van der Waals surface area contributed by atoms with Gasteiger partial charge in [-0.15, -0.1) is 0 Å². The number of piperazine rings is 1. The number of pyridine rings is 1. The predicted molar refractivity (Wildman–Crippen MR) is 101 cm³/mol. The van der Waals surface area contributed by atoms with Gasteiger partial charge in [0.2, 0.25) is 0 Å². The molecule has 1 aromatic carbocycles. The summed E-state index contributed by atoms with van der Waals surface area (Å²) in [5.41, 5.74) is 7.91. The Balaban J connectivity index is 1.68. The lowest BCUT2D eigenvalue weighted by Crippen LogP contribution is -2.48. The Bertz CT molecular complexity index is 669. The number of anilines is 2. The summed E-state index contributed by atoms with van der Waals surface area (Å²) in [6, 6.07) is 11.4. The summed E-state index contributed by atoms with van der Waals surface area (Å²) >= 11 is 0. The van der Waals surface area contributed by atoms with Crippen molar-refractivity contribution < 1.29 is 4.39 Å². The van der Waals surface area contributed by atoms with Crippen LogP contribution in [0.4, 0.5) is 15.8 Å². The summed E-state index contributed by atoms with van der Waals surface area (Å²) < 4.78 is 14.2. The van der Waals surface area contributed by atoms with Gasteiger partial charge in [-0.2, -0.15) is 0 Å². The molecule has 5 heteroatoms. The zero-order chi connectivity index (χ0) is 17.6. The number of aromatic nitrogens is 1. The van der Waals surface area contributed by atoms with Gasteiger partial charge >= 0.3 is 0 Å². The molecule has 0 saturated carbocycles. The minimum absolute atomic E-state index is 0.235. The van der Waals surface area contributed by atoms with E-state index in [0.717, 1.165) is 38.3 Å². The van der Waals surface area contributed by atoms with E-state index in [4.69, 9.17) is 5.73 Å². The highest BCUT2D eigenvalue weighted by Crippen LogP contribution is 2.28. The van der Waals surface area contributed by atoms with E-state index < -0.39 is 0 Å². The van der Waals surface area contributed by atoms with E-state index >= 15 is 0 Å². The zero-order valence-corrected chi connectivity index (χ0v) is 14.9. The van der Waals surface area contributed by atoms with Crippen molar-refractivity contribution in [2.24, 2.45) is 0 Å². The number of rotatable bonds is 6. The second-order valence-corrected chi connectivity index (χ2v) is 6.65. The van der Waals surface area contributed by atoms with E-state index in [-0.39, 0.29) is 5.82 Å². The zero-order valence-electron chi connectivity index (χ0n) is 14.9. The van der Waals surface area contributed by atoms with Crippen molar-refractivity contribution in [1.29, 1.82) is 0 Å². The lowest BCUT2D eigenvalue weighted by molar-refractivity contribution is 0.170. The van der Waals surface area contributed by atoms with Crippen LogP contribution in [0, 0.1) is 5.82 Å². The Morgan fingerprint density at radius 2 is 1.96 bits per heavy atom. The highest BCUT2D eigenvalue weighted by Gasteiger charge is 2.26. The smallest absolute Gasteiger partial charge is 0.148 e. The van der Waals surface area contributed by atoms with E-state index in [1.165, 1.54) is 18.9 Å². The SMILES string of the molecule is CCCCC(c1ccccn1)N1CCN(c2ccc(N)cc2F)CC1. The molecule has 0 aliphatic carbocycles. The molecule has 3 rings (SSSR count). The third kappa shape index (κ3) is 4.28. The molecule has 1 aromatic heterocycles. The van der Waals surface area contributed by atoms with Crippen molar-refractivity contribution in [1.82, 2.24) is 9.88 Å². The summed E-state index contributed by atoms with van der Waals surface area (Å²) in [5, 5.41) is 0. The van der Waals surface area contributed by atoms with Crippen molar-refractivity contribution in [3.8, 4) is 0 Å².